The molecule has 1 atom stereocenters. The molecule has 144 valence electrons. The van der Waals surface area contributed by atoms with Gasteiger partial charge in [0.15, 0.2) is 6.10 Å². The van der Waals surface area contributed by atoms with Crippen LogP contribution in [0, 0.1) is 6.92 Å². The van der Waals surface area contributed by atoms with Crippen LogP contribution in [-0.2, 0) is 14.9 Å². The lowest BCUT2D eigenvalue weighted by Gasteiger charge is -2.38. The zero-order valence-electron chi connectivity index (χ0n) is 16.2. The number of carbonyl (C=O) groups excluding carboxylic acids is 1. The number of para-hydroxylation sites is 1. The molecule has 0 aliphatic carbocycles. The molecule has 4 nitrogen and oxygen atoms in total. The zero-order valence-corrected chi connectivity index (χ0v) is 16.2. The average Bonchev–Trinajstić information content (AvgIpc) is 2.73. The van der Waals surface area contributed by atoms with Crippen molar-refractivity contribution in [2.45, 2.75) is 44.6 Å². The minimum atomic E-state index is -0.487. The number of hydrogen-bond donors (Lipinski definition) is 1. The molecule has 0 saturated carbocycles. The van der Waals surface area contributed by atoms with Crippen LogP contribution in [0.5, 0.6) is 5.75 Å². The van der Waals surface area contributed by atoms with Crippen molar-refractivity contribution in [2.75, 3.05) is 19.8 Å². The highest BCUT2D eigenvalue weighted by molar-refractivity contribution is 5.81. The molecule has 1 heterocycles. The van der Waals surface area contributed by atoms with Crippen molar-refractivity contribution in [3.63, 3.8) is 0 Å². The summed E-state index contributed by atoms with van der Waals surface area (Å²) in [4.78, 5) is 12.8. The van der Waals surface area contributed by atoms with Crippen molar-refractivity contribution in [1.82, 2.24) is 5.32 Å². The Morgan fingerprint density at radius 1 is 1.11 bits per heavy atom. The van der Waals surface area contributed by atoms with Crippen molar-refractivity contribution in [3.05, 3.63) is 65.7 Å². The van der Waals surface area contributed by atoms with Crippen LogP contribution in [0.15, 0.2) is 54.6 Å². The van der Waals surface area contributed by atoms with E-state index in [1.807, 2.05) is 44.2 Å². The van der Waals surface area contributed by atoms with E-state index in [1.165, 1.54) is 5.56 Å². The fourth-order valence-corrected chi connectivity index (χ4v) is 3.66. The third kappa shape index (κ3) is 4.69. The van der Waals surface area contributed by atoms with Gasteiger partial charge in [-0.1, -0.05) is 55.5 Å². The summed E-state index contributed by atoms with van der Waals surface area (Å²) < 4.78 is 11.6. The molecule has 1 amide bonds. The van der Waals surface area contributed by atoms with E-state index in [4.69, 9.17) is 9.47 Å². The quantitative estimate of drug-likeness (QED) is 0.804. The minimum Gasteiger partial charge on any atom is -0.480 e. The zero-order chi connectivity index (χ0) is 19.1. The van der Waals surface area contributed by atoms with Gasteiger partial charge in [0.25, 0.3) is 5.91 Å². The fraction of sp³-hybridized carbons (Fsp3) is 0.435. The summed E-state index contributed by atoms with van der Waals surface area (Å²) in [5, 5.41) is 3.16. The van der Waals surface area contributed by atoms with Gasteiger partial charge in [-0.15, -0.1) is 0 Å². The van der Waals surface area contributed by atoms with E-state index in [1.54, 1.807) is 0 Å². The highest BCUT2D eigenvalue weighted by Gasteiger charge is 2.35. The van der Waals surface area contributed by atoms with E-state index in [-0.39, 0.29) is 11.3 Å². The lowest BCUT2D eigenvalue weighted by molar-refractivity contribution is -0.128. The number of rotatable bonds is 7. The topological polar surface area (TPSA) is 47.6 Å². The van der Waals surface area contributed by atoms with Gasteiger partial charge in [0.05, 0.1) is 0 Å². The van der Waals surface area contributed by atoms with Crippen molar-refractivity contribution in [1.29, 1.82) is 0 Å². The second kappa shape index (κ2) is 9.05. The van der Waals surface area contributed by atoms with Crippen molar-refractivity contribution >= 4 is 5.91 Å². The Hall–Kier alpha value is -2.33. The van der Waals surface area contributed by atoms with Gasteiger partial charge in [-0.2, -0.15) is 0 Å². The molecular formula is C23H29NO3. The third-order valence-electron chi connectivity index (χ3n) is 5.46. The molecule has 0 spiro atoms. The van der Waals surface area contributed by atoms with Crippen molar-refractivity contribution in [3.8, 4) is 5.75 Å². The molecule has 0 aromatic heterocycles. The number of nitrogens with one attached hydrogen (secondary N) is 1. The highest BCUT2D eigenvalue weighted by atomic mass is 16.5. The molecule has 1 aliphatic rings. The summed E-state index contributed by atoms with van der Waals surface area (Å²) in [6, 6.07) is 18.3. The first-order chi connectivity index (χ1) is 13.1. The monoisotopic (exact) mass is 367 g/mol. The van der Waals surface area contributed by atoms with Gasteiger partial charge in [0.2, 0.25) is 0 Å². The average molecular weight is 367 g/mol. The van der Waals surface area contributed by atoms with Crippen LogP contribution in [0.25, 0.3) is 0 Å². The predicted molar refractivity (Wildman–Crippen MR) is 107 cm³/mol. The van der Waals surface area contributed by atoms with Crippen LogP contribution < -0.4 is 10.1 Å². The summed E-state index contributed by atoms with van der Waals surface area (Å²) in [5.41, 5.74) is 2.23. The summed E-state index contributed by atoms with van der Waals surface area (Å²) in [6.45, 7) is 6.02. The molecule has 0 radical (unpaired) electrons. The van der Waals surface area contributed by atoms with E-state index in [0.29, 0.717) is 13.0 Å². The molecule has 1 N–H and O–H groups in total. The normalized spacial score (nSPS) is 17.1. The number of aryl methyl sites for hydroxylation is 1. The van der Waals surface area contributed by atoms with Gasteiger partial charge in [0, 0.05) is 25.2 Å². The van der Waals surface area contributed by atoms with Crippen LogP contribution in [0.4, 0.5) is 0 Å². The van der Waals surface area contributed by atoms with E-state index in [2.05, 4.69) is 29.6 Å². The molecule has 27 heavy (non-hydrogen) atoms. The first kappa shape index (κ1) is 19.4. The highest BCUT2D eigenvalue weighted by Crippen LogP contribution is 2.34. The lowest BCUT2D eigenvalue weighted by Crippen LogP contribution is -2.48. The van der Waals surface area contributed by atoms with Gasteiger partial charge >= 0.3 is 0 Å². The molecule has 1 saturated heterocycles. The molecule has 1 aliphatic heterocycles. The summed E-state index contributed by atoms with van der Waals surface area (Å²) in [6.07, 6.45) is 1.96. The molecule has 2 aromatic rings. The van der Waals surface area contributed by atoms with Crippen LogP contribution >= 0.6 is 0 Å². The number of amides is 1. The van der Waals surface area contributed by atoms with Crippen LogP contribution in [0.3, 0.4) is 0 Å². The molecular weight excluding hydrogens is 338 g/mol. The van der Waals surface area contributed by atoms with Crippen LogP contribution in [0.1, 0.15) is 37.3 Å². The second-order valence-corrected chi connectivity index (χ2v) is 7.26. The van der Waals surface area contributed by atoms with E-state index >= 15 is 0 Å². The maximum Gasteiger partial charge on any atom is 0.261 e. The number of carbonyl (C=O) groups is 1. The maximum absolute atomic E-state index is 12.8. The van der Waals surface area contributed by atoms with Gasteiger partial charge in [-0.25, -0.2) is 0 Å². The lowest BCUT2D eigenvalue weighted by atomic mass is 9.74. The molecule has 0 unspecified atom stereocenters. The standard InChI is InChI=1S/C23H29NO3/c1-3-20(27-21-12-8-7-9-18(21)2)22(25)24-17-23(13-15-26-16-14-23)19-10-5-4-6-11-19/h4-12,20H,3,13-17H2,1-2H3,(H,24,25)/t20-/m0/s1. The molecule has 3 rings (SSSR count). The molecule has 1 fully saturated rings. The molecule has 2 aromatic carbocycles. The van der Waals surface area contributed by atoms with Gasteiger partial charge in [-0.3, -0.25) is 4.79 Å². The number of hydrogen-bond acceptors (Lipinski definition) is 3. The second-order valence-electron chi connectivity index (χ2n) is 7.26. The van der Waals surface area contributed by atoms with E-state index < -0.39 is 6.10 Å². The van der Waals surface area contributed by atoms with Crippen LogP contribution in [-0.4, -0.2) is 31.8 Å². The summed E-state index contributed by atoms with van der Waals surface area (Å²) in [7, 11) is 0. The van der Waals surface area contributed by atoms with E-state index in [0.717, 1.165) is 37.4 Å². The van der Waals surface area contributed by atoms with Gasteiger partial charge in [-0.05, 0) is 43.4 Å². The largest absolute Gasteiger partial charge is 0.480 e. The van der Waals surface area contributed by atoms with Crippen molar-refractivity contribution in [2.24, 2.45) is 0 Å². The Bertz CT molecular complexity index is 738. The van der Waals surface area contributed by atoms with Crippen molar-refractivity contribution < 1.29 is 14.3 Å². The fourth-order valence-electron chi connectivity index (χ4n) is 3.66. The third-order valence-corrected chi connectivity index (χ3v) is 5.46. The Labute approximate surface area is 161 Å². The predicted octanol–water partition coefficient (Wildman–Crippen LogP) is 4.02. The Balaban J connectivity index is 1.69. The molecule has 0 bridgehead atoms. The first-order valence-corrected chi connectivity index (χ1v) is 9.78. The van der Waals surface area contributed by atoms with Crippen LogP contribution in [0.2, 0.25) is 0 Å². The SMILES string of the molecule is CC[C@H](Oc1ccccc1C)C(=O)NCC1(c2ccccc2)CCOCC1. The number of benzene rings is 2. The maximum atomic E-state index is 12.8. The van der Waals surface area contributed by atoms with Gasteiger partial charge < -0.3 is 14.8 Å². The van der Waals surface area contributed by atoms with E-state index in [9.17, 15) is 4.79 Å². The minimum absolute atomic E-state index is 0.0532. The Morgan fingerprint density at radius 2 is 1.78 bits per heavy atom. The smallest absolute Gasteiger partial charge is 0.261 e. The summed E-state index contributed by atoms with van der Waals surface area (Å²) >= 11 is 0. The molecule has 4 heteroatoms. The number of ether oxygens (including phenoxy) is 2. The Morgan fingerprint density at radius 3 is 2.44 bits per heavy atom. The summed E-state index contributed by atoms with van der Waals surface area (Å²) in [5.74, 6) is 0.714. The first-order valence-electron chi connectivity index (χ1n) is 9.78. The van der Waals surface area contributed by atoms with Gasteiger partial charge in [0.1, 0.15) is 5.75 Å². The Kier molecular flexibility index (Phi) is 6.51.